The molecule has 1 aromatic rings. The van der Waals surface area contributed by atoms with Gasteiger partial charge in [0, 0.05) is 18.0 Å². The van der Waals surface area contributed by atoms with E-state index in [4.69, 9.17) is 11.2 Å². The molecule has 4 nitrogen and oxygen atoms in total. The molecule has 1 saturated heterocycles. The number of carbonyl (C=O) groups excluding carboxylic acids is 1. The summed E-state index contributed by atoms with van der Waals surface area (Å²) < 4.78 is 5.57. The van der Waals surface area contributed by atoms with Crippen LogP contribution in [-0.4, -0.2) is 18.6 Å². The number of terminal acetylenes is 1. The molecule has 1 amide bonds. The van der Waals surface area contributed by atoms with Crippen molar-refractivity contribution in [3.05, 3.63) is 35.9 Å². The van der Waals surface area contributed by atoms with E-state index >= 15 is 0 Å². The van der Waals surface area contributed by atoms with E-state index in [1.54, 1.807) is 0 Å². The quantitative estimate of drug-likeness (QED) is 0.833. The van der Waals surface area contributed by atoms with Gasteiger partial charge >= 0.3 is 0 Å². The highest BCUT2D eigenvalue weighted by Gasteiger charge is 2.23. The van der Waals surface area contributed by atoms with E-state index in [1.165, 1.54) is 0 Å². The molecule has 0 spiro atoms. The van der Waals surface area contributed by atoms with Crippen LogP contribution >= 0.6 is 0 Å². The summed E-state index contributed by atoms with van der Waals surface area (Å²) >= 11 is 0. The molecule has 0 aliphatic carbocycles. The molecular formula is C17H20N2O2. The van der Waals surface area contributed by atoms with Crippen molar-refractivity contribution >= 4 is 11.5 Å². The highest BCUT2D eigenvalue weighted by molar-refractivity contribution is 5.77. The van der Waals surface area contributed by atoms with Crippen LogP contribution in [-0.2, 0) is 4.79 Å². The van der Waals surface area contributed by atoms with Crippen LogP contribution in [0.1, 0.15) is 25.8 Å². The van der Waals surface area contributed by atoms with Gasteiger partial charge in [0.2, 0.25) is 5.91 Å². The van der Waals surface area contributed by atoms with Crippen LogP contribution in [0.25, 0.3) is 5.57 Å². The van der Waals surface area contributed by atoms with Gasteiger partial charge in [0.1, 0.15) is 12.4 Å². The van der Waals surface area contributed by atoms with Gasteiger partial charge in [-0.25, -0.2) is 5.43 Å². The number of ether oxygens (including phenoxy) is 1. The second kappa shape index (κ2) is 6.96. The zero-order valence-electron chi connectivity index (χ0n) is 12.3. The first-order valence-corrected chi connectivity index (χ1v) is 7.00. The van der Waals surface area contributed by atoms with E-state index in [0.29, 0.717) is 6.42 Å². The fourth-order valence-corrected chi connectivity index (χ4v) is 2.38. The van der Waals surface area contributed by atoms with E-state index in [9.17, 15) is 4.79 Å². The lowest BCUT2D eigenvalue weighted by Crippen LogP contribution is -2.52. The Kier molecular flexibility index (Phi) is 5.02. The second-order valence-corrected chi connectivity index (χ2v) is 5.24. The Morgan fingerprint density at radius 1 is 1.52 bits per heavy atom. The highest BCUT2D eigenvalue weighted by Crippen LogP contribution is 2.27. The first-order valence-electron chi connectivity index (χ1n) is 7.00. The molecule has 1 fully saturated rings. The lowest BCUT2D eigenvalue weighted by Gasteiger charge is -2.28. The zero-order valence-corrected chi connectivity index (χ0v) is 12.3. The topological polar surface area (TPSA) is 50.4 Å². The molecule has 0 saturated carbocycles. The lowest BCUT2D eigenvalue weighted by atomic mass is 9.93. The average Bonchev–Trinajstić information content (AvgIpc) is 2.48. The number of allylic oxidation sites excluding steroid dienone is 1. The molecule has 1 aliphatic rings. The van der Waals surface area contributed by atoms with Gasteiger partial charge in [-0.05, 0) is 24.5 Å². The monoisotopic (exact) mass is 284 g/mol. The number of amides is 1. The van der Waals surface area contributed by atoms with Gasteiger partial charge in [-0.2, -0.15) is 0 Å². The predicted octanol–water partition coefficient (Wildman–Crippen LogP) is 2.13. The van der Waals surface area contributed by atoms with Crippen molar-refractivity contribution in [1.29, 1.82) is 0 Å². The molecule has 0 aromatic heterocycles. The number of carbonyl (C=O) groups is 1. The van der Waals surface area contributed by atoms with E-state index in [-0.39, 0.29) is 24.5 Å². The summed E-state index contributed by atoms with van der Waals surface area (Å²) in [5.41, 5.74) is 7.81. The van der Waals surface area contributed by atoms with E-state index in [0.717, 1.165) is 16.9 Å². The summed E-state index contributed by atoms with van der Waals surface area (Å²) in [6.07, 6.45) is 7.88. The number of para-hydroxylation sites is 1. The Labute approximate surface area is 125 Å². The largest absolute Gasteiger partial charge is 0.480 e. The smallest absolute Gasteiger partial charge is 0.234 e. The van der Waals surface area contributed by atoms with Crippen molar-refractivity contribution in [3.8, 4) is 18.1 Å². The Balaban J connectivity index is 2.19. The van der Waals surface area contributed by atoms with Gasteiger partial charge in [0.15, 0.2) is 0 Å². The molecule has 1 heterocycles. The minimum Gasteiger partial charge on any atom is -0.480 e. The number of benzene rings is 1. The Hall–Kier alpha value is -2.25. The normalized spacial score (nSPS) is 22.3. The molecular weight excluding hydrogens is 264 g/mol. The van der Waals surface area contributed by atoms with Gasteiger partial charge in [-0.1, -0.05) is 37.1 Å². The van der Waals surface area contributed by atoms with Crippen LogP contribution in [0, 0.1) is 18.3 Å². The number of nitrogens with one attached hydrogen (secondary N) is 2. The van der Waals surface area contributed by atoms with E-state index in [1.807, 2.05) is 31.2 Å². The van der Waals surface area contributed by atoms with E-state index < -0.39 is 0 Å². The summed E-state index contributed by atoms with van der Waals surface area (Å²) in [5, 5.41) is 0. The summed E-state index contributed by atoms with van der Waals surface area (Å²) in [6, 6.07) is 7.90. The second-order valence-electron chi connectivity index (χ2n) is 5.24. The van der Waals surface area contributed by atoms with Gasteiger partial charge in [-0.3, -0.25) is 10.2 Å². The maximum atomic E-state index is 11.3. The van der Waals surface area contributed by atoms with Gasteiger partial charge in [-0.15, -0.1) is 6.42 Å². The molecule has 2 atom stereocenters. The van der Waals surface area contributed by atoms with Crippen molar-refractivity contribution in [2.75, 3.05) is 6.61 Å². The third kappa shape index (κ3) is 3.87. The Bertz CT molecular complexity index is 587. The minimum absolute atomic E-state index is 0.0301. The van der Waals surface area contributed by atoms with E-state index in [2.05, 4.69) is 29.8 Å². The van der Waals surface area contributed by atoms with Crippen molar-refractivity contribution in [1.82, 2.24) is 10.9 Å². The summed E-state index contributed by atoms with van der Waals surface area (Å²) in [6.45, 7) is 4.34. The standard InChI is InChI=1S/C17H20N2O2/c1-4-9-21-16-8-6-5-7-14(16)12(2)10-15-13(3)11-17(20)19-18-15/h1,5-8,10,13,15,18H,9,11H2,2-3H3,(H,19,20)/b12-10+. The minimum atomic E-state index is 0.0301. The Morgan fingerprint density at radius 2 is 2.29 bits per heavy atom. The van der Waals surface area contributed by atoms with Gasteiger partial charge in [0.05, 0.1) is 0 Å². The van der Waals surface area contributed by atoms with Crippen LogP contribution in [0.15, 0.2) is 30.3 Å². The molecule has 2 unspecified atom stereocenters. The average molecular weight is 284 g/mol. The molecule has 0 radical (unpaired) electrons. The predicted molar refractivity (Wildman–Crippen MR) is 83.3 cm³/mol. The molecule has 2 N–H and O–H groups in total. The molecule has 21 heavy (non-hydrogen) atoms. The highest BCUT2D eigenvalue weighted by atomic mass is 16.5. The SMILES string of the molecule is C#CCOc1ccccc1/C(C)=C/C1NNC(=O)CC1C. The maximum Gasteiger partial charge on any atom is 0.234 e. The van der Waals surface area contributed by atoms with Crippen molar-refractivity contribution in [2.45, 2.75) is 26.3 Å². The van der Waals surface area contributed by atoms with Crippen molar-refractivity contribution < 1.29 is 9.53 Å². The van der Waals surface area contributed by atoms with Crippen LogP contribution in [0.2, 0.25) is 0 Å². The van der Waals surface area contributed by atoms with Gasteiger partial charge in [0.25, 0.3) is 0 Å². The van der Waals surface area contributed by atoms with Crippen LogP contribution < -0.4 is 15.6 Å². The number of hydrazine groups is 1. The number of rotatable bonds is 4. The number of hydrogen-bond acceptors (Lipinski definition) is 3. The molecule has 4 heteroatoms. The van der Waals surface area contributed by atoms with Crippen molar-refractivity contribution in [3.63, 3.8) is 0 Å². The third-order valence-corrected chi connectivity index (χ3v) is 3.55. The maximum absolute atomic E-state index is 11.3. The Morgan fingerprint density at radius 3 is 3.00 bits per heavy atom. The van der Waals surface area contributed by atoms with Crippen molar-refractivity contribution in [2.24, 2.45) is 5.92 Å². The van der Waals surface area contributed by atoms with Crippen LogP contribution in [0.5, 0.6) is 5.75 Å². The summed E-state index contributed by atoms with van der Waals surface area (Å²) in [4.78, 5) is 11.3. The molecule has 0 bridgehead atoms. The van der Waals surface area contributed by atoms with Crippen LogP contribution in [0.3, 0.4) is 0 Å². The number of hydrogen-bond donors (Lipinski definition) is 2. The molecule has 2 rings (SSSR count). The fraction of sp³-hybridized carbons (Fsp3) is 0.353. The molecule has 1 aliphatic heterocycles. The third-order valence-electron chi connectivity index (χ3n) is 3.55. The molecule has 110 valence electrons. The lowest BCUT2D eigenvalue weighted by molar-refractivity contribution is -0.125. The summed E-state index contributed by atoms with van der Waals surface area (Å²) in [5.74, 6) is 3.52. The summed E-state index contributed by atoms with van der Waals surface area (Å²) in [7, 11) is 0. The molecule has 1 aromatic carbocycles. The zero-order chi connectivity index (χ0) is 15.2. The van der Waals surface area contributed by atoms with Gasteiger partial charge < -0.3 is 4.74 Å². The van der Waals surface area contributed by atoms with Crippen LogP contribution in [0.4, 0.5) is 0 Å². The first-order chi connectivity index (χ1) is 10.1. The fourth-order valence-electron chi connectivity index (χ4n) is 2.38. The first kappa shape index (κ1) is 15.1.